The highest BCUT2D eigenvalue weighted by molar-refractivity contribution is 7.09. The van der Waals surface area contributed by atoms with Crippen molar-refractivity contribution in [2.45, 2.75) is 124 Å². The molecule has 0 spiro atoms. The highest BCUT2D eigenvalue weighted by Crippen LogP contribution is 2.28. The van der Waals surface area contributed by atoms with Crippen molar-refractivity contribution >= 4 is 53.0 Å². The Balaban J connectivity index is 1.75. The van der Waals surface area contributed by atoms with Crippen molar-refractivity contribution in [2.24, 2.45) is 27.7 Å². The highest BCUT2D eigenvalue weighted by atomic mass is 32.1. The van der Waals surface area contributed by atoms with Crippen LogP contribution in [0.25, 0.3) is 0 Å². The molecule has 14 nitrogen and oxygen atoms in total. The third-order valence-corrected chi connectivity index (χ3v) is 11.5. The predicted molar refractivity (Wildman–Crippen MR) is 217 cm³/mol. The summed E-state index contributed by atoms with van der Waals surface area (Å²) in [6.07, 6.45) is 2.96. The van der Waals surface area contributed by atoms with E-state index in [2.05, 4.69) is 31.6 Å². The second kappa shape index (κ2) is 18.5. The molecule has 0 radical (unpaired) electrons. The Labute approximate surface area is 334 Å². The molecule has 5 N–H and O–H groups in total. The second-order valence-electron chi connectivity index (χ2n) is 17.5. The zero-order chi connectivity index (χ0) is 41.5. The number of amidine groups is 1. The summed E-state index contributed by atoms with van der Waals surface area (Å²) in [6, 6.07) is 4.10. The quantitative estimate of drug-likeness (QED) is 0.214. The summed E-state index contributed by atoms with van der Waals surface area (Å²) >= 11 is 1.32. The molecule has 306 valence electrons. The number of carbonyl (C=O) groups excluding carboxylic acids is 6. The van der Waals surface area contributed by atoms with Crippen LogP contribution >= 0.6 is 11.3 Å². The number of aromatic nitrogens is 1. The Bertz CT molecular complexity index is 1740. The zero-order valence-electron chi connectivity index (χ0n) is 34.3. The fourth-order valence-electron chi connectivity index (χ4n) is 7.20. The van der Waals surface area contributed by atoms with Crippen LogP contribution in [0, 0.1) is 22.7 Å². The summed E-state index contributed by atoms with van der Waals surface area (Å²) in [4.78, 5) is 92.7. The number of nitrogens with zero attached hydrogens (tertiary/aromatic N) is 3. The number of aldehydes is 1. The van der Waals surface area contributed by atoms with Crippen molar-refractivity contribution in [1.82, 2.24) is 36.5 Å². The lowest BCUT2D eigenvalue weighted by Crippen LogP contribution is -2.65. The summed E-state index contributed by atoms with van der Waals surface area (Å²) in [7, 11) is 0. The molecule has 4 rings (SSSR count). The number of fused-ring (bicyclic) bond motifs is 1. The highest BCUT2D eigenvalue weighted by Gasteiger charge is 2.44. The number of hydrogen-bond acceptors (Lipinski definition) is 10. The fourth-order valence-corrected chi connectivity index (χ4v) is 7.91. The van der Waals surface area contributed by atoms with Gasteiger partial charge in [0, 0.05) is 30.5 Å². The number of thiazole rings is 1. The van der Waals surface area contributed by atoms with Crippen LogP contribution in [-0.4, -0.2) is 94.8 Å². The summed E-state index contributed by atoms with van der Waals surface area (Å²) in [6.45, 7) is 18.9. The molecule has 8 atom stereocenters. The minimum absolute atomic E-state index is 0.00268. The second-order valence-corrected chi connectivity index (χ2v) is 18.4. The summed E-state index contributed by atoms with van der Waals surface area (Å²) in [5.41, 5.74) is -0.653. The number of amides is 5. The van der Waals surface area contributed by atoms with Crippen molar-refractivity contribution in [3.8, 4) is 0 Å². The van der Waals surface area contributed by atoms with Crippen LogP contribution in [0.1, 0.15) is 105 Å². The zero-order valence-corrected chi connectivity index (χ0v) is 35.2. The van der Waals surface area contributed by atoms with Gasteiger partial charge in [-0.15, -0.1) is 11.3 Å². The number of rotatable bonds is 11. The fraction of sp³-hybridized carbons (Fsp3) is 0.610. The van der Waals surface area contributed by atoms with Gasteiger partial charge in [-0.1, -0.05) is 99.6 Å². The van der Waals surface area contributed by atoms with Crippen LogP contribution in [-0.2, 0) is 28.8 Å². The maximum Gasteiger partial charge on any atom is 0.244 e. The van der Waals surface area contributed by atoms with Gasteiger partial charge in [-0.05, 0) is 34.7 Å². The lowest BCUT2D eigenvalue weighted by molar-refractivity contribution is -0.140. The van der Waals surface area contributed by atoms with Crippen molar-refractivity contribution in [3.63, 3.8) is 0 Å². The molecule has 1 aromatic heterocycles. The van der Waals surface area contributed by atoms with Crippen molar-refractivity contribution in [1.29, 1.82) is 0 Å². The first-order chi connectivity index (χ1) is 26.2. The maximum absolute atomic E-state index is 14.7. The summed E-state index contributed by atoms with van der Waals surface area (Å²) < 4.78 is 0. The van der Waals surface area contributed by atoms with Crippen molar-refractivity contribution < 1.29 is 28.8 Å². The third kappa shape index (κ3) is 10.8. The van der Waals surface area contributed by atoms with Gasteiger partial charge < -0.3 is 36.3 Å². The molecule has 2 aliphatic heterocycles. The first-order valence-electron chi connectivity index (χ1n) is 19.4. The van der Waals surface area contributed by atoms with Gasteiger partial charge in [0.1, 0.15) is 47.8 Å². The van der Waals surface area contributed by atoms with Crippen LogP contribution < -0.4 is 26.6 Å². The molecule has 3 heterocycles. The van der Waals surface area contributed by atoms with Gasteiger partial charge in [0.2, 0.25) is 29.5 Å². The minimum atomic E-state index is -1.08. The smallest absolute Gasteiger partial charge is 0.244 e. The van der Waals surface area contributed by atoms with E-state index in [-0.39, 0.29) is 42.5 Å². The van der Waals surface area contributed by atoms with E-state index in [1.165, 1.54) is 16.2 Å². The van der Waals surface area contributed by atoms with E-state index in [4.69, 9.17) is 4.99 Å². The Kier molecular flexibility index (Phi) is 14.6. The van der Waals surface area contributed by atoms with Crippen LogP contribution in [0.2, 0.25) is 0 Å². The Morgan fingerprint density at radius 3 is 2.23 bits per heavy atom. The largest absolute Gasteiger partial charge is 0.360 e. The number of hydrogen-bond donors (Lipinski definition) is 5. The van der Waals surface area contributed by atoms with Gasteiger partial charge in [0.15, 0.2) is 0 Å². The molecule has 15 heteroatoms. The minimum Gasteiger partial charge on any atom is -0.360 e. The van der Waals surface area contributed by atoms with Crippen LogP contribution in [0.4, 0.5) is 0 Å². The van der Waals surface area contributed by atoms with E-state index >= 15 is 0 Å². The molecule has 0 bridgehead atoms. The Morgan fingerprint density at radius 2 is 1.66 bits per heavy atom. The molecule has 0 aliphatic carbocycles. The van der Waals surface area contributed by atoms with E-state index < -0.39 is 70.7 Å². The monoisotopic (exact) mass is 792 g/mol. The molecule has 1 aromatic carbocycles. The van der Waals surface area contributed by atoms with Crippen LogP contribution in [0.15, 0.2) is 46.9 Å². The maximum atomic E-state index is 14.7. The Hall–Kier alpha value is -4.66. The first-order valence-corrected chi connectivity index (χ1v) is 20.3. The van der Waals surface area contributed by atoms with Gasteiger partial charge in [0.05, 0.1) is 12.1 Å². The summed E-state index contributed by atoms with van der Waals surface area (Å²) in [5.74, 6) is -2.80. The van der Waals surface area contributed by atoms with Gasteiger partial charge in [-0.2, -0.15) is 0 Å². The number of benzene rings is 1. The van der Waals surface area contributed by atoms with Crippen LogP contribution in [0.3, 0.4) is 0 Å². The normalized spacial score (nSPS) is 23.2. The molecule has 2 unspecified atom stereocenters. The lowest BCUT2D eigenvalue weighted by Gasteiger charge is -2.39. The molecular formula is C41H60N8O6S. The van der Waals surface area contributed by atoms with E-state index in [1.807, 2.05) is 99.6 Å². The number of nitrogens with one attached hydrogen (secondary N) is 5. The predicted octanol–water partition coefficient (Wildman–Crippen LogP) is 3.50. The molecule has 2 aromatic rings. The molecule has 0 saturated carbocycles. The molecule has 2 aliphatic rings. The summed E-state index contributed by atoms with van der Waals surface area (Å²) in [5, 5.41) is 17.7. The molecular weight excluding hydrogens is 733 g/mol. The first kappa shape index (κ1) is 44.1. The van der Waals surface area contributed by atoms with E-state index in [0.717, 1.165) is 11.8 Å². The topological polar surface area (TPSA) is 191 Å². The van der Waals surface area contributed by atoms with Crippen molar-refractivity contribution in [3.05, 3.63) is 52.5 Å². The molecule has 1 fully saturated rings. The average molecular weight is 793 g/mol. The number of aliphatic imine (C=N–C) groups is 1. The van der Waals surface area contributed by atoms with Gasteiger partial charge in [-0.25, -0.2) is 4.98 Å². The van der Waals surface area contributed by atoms with E-state index in [9.17, 15) is 28.8 Å². The van der Waals surface area contributed by atoms with E-state index in [1.54, 1.807) is 11.6 Å². The molecule has 5 amide bonds. The van der Waals surface area contributed by atoms with Gasteiger partial charge in [-0.3, -0.25) is 29.0 Å². The average Bonchev–Trinajstić information content (AvgIpc) is 3.80. The van der Waals surface area contributed by atoms with Gasteiger partial charge in [0.25, 0.3) is 0 Å². The number of carbonyl (C=O) groups is 6. The molecule has 56 heavy (non-hydrogen) atoms. The van der Waals surface area contributed by atoms with E-state index in [0.29, 0.717) is 18.0 Å². The lowest BCUT2D eigenvalue weighted by atomic mass is 9.82. The Morgan fingerprint density at radius 1 is 0.982 bits per heavy atom. The van der Waals surface area contributed by atoms with Crippen LogP contribution in [0.5, 0.6) is 0 Å². The third-order valence-electron chi connectivity index (χ3n) is 10.6. The SMILES string of the molecule is CC(C)[C@@H]1NC(=O)[C@@H]2[C@H](C)CCN2C(=O)CN=C(NC(C(=O)N[C@@H](C(=O)N[C@H](CC=O)c2nccs2)[C@@H](C)c2ccccc2)C(C)(C)C)C(C(C)(C)C)NC1=O. The van der Waals surface area contributed by atoms with Gasteiger partial charge >= 0.3 is 0 Å². The van der Waals surface area contributed by atoms with Crippen molar-refractivity contribution in [2.75, 3.05) is 13.1 Å². The molecule has 1 saturated heterocycles. The standard InChI is InChI=1S/C41H60N8O6S/c1-23(2)29-35(52)48-32(40(5,6)7)34(43-22-28(51)49-19-16-24(3)31(49)37(54)45-29)47-33(41(8,9)10)38(55)46-30(25(4)26-14-12-11-13-15-26)36(53)44-27(17-20-50)39-42-18-21-56-39/h11-15,18,20-21,23-25,27,29-33H,16-17,19,22H2,1-10H3,(H,43,47)(H,44,53)(H,45,54)(H,46,55)(H,48,52)/t24-,25+,27-,29+,30-,31+,32?,33?/m1/s1.